The molecule has 3 aliphatic rings. The second-order valence-electron chi connectivity index (χ2n) is 7.90. The van der Waals surface area contributed by atoms with E-state index in [1.807, 2.05) is 11.8 Å². The van der Waals surface area contributed by atoms with Gasteiger partial charge < -0.3 is 14.5 Å². The first-order chi connectivity index (χ1) is 14.5. The largest absolute Gasteiger partial charge is 0.442 e. The molecule has 5 heterocycles. The minimum atomic E-state index is -2.56. The minimum absolute atomic E-state index is 0.114. The average Bonchev–Trinajstić information content (AvgIpc) is 3.07. The zero-order valence-electron chi connectivity index (χ0n) is 16.6. The van der Waals surface area contributed by atoms with E-state index in [-0.39, 0.29) is 17.8 Å². The Balaban J connectivity index is 1.19. The summed E-state index contributed by atoms with van der Waals surface area (Å²) in [6.07, 6.45) is 0.632. The fourth-order valence-corrected chi connectivity index (χ4v) is 3.95. The van der Waals surface area contributed by atoms with Crippen molar-refractivity contribution in [3.63, 3.8) is 0 Å². The summed E-state index contributed by atoms with van der Waals surface area (Å²) in [6.45, 7) is 5.59. The number of hydrogen-bond donors (Lipinski definition) is 0. The van der Waals surface area contributed by atoms with Crippen molar-refractivity contribution in [2.45, 2.75) is 39.0 Å². The predicted molar refractivity (Wildman–Crippen MR) is 105 cm³/mol. The normalized spacial score (nSPS) is 18.3. The molecule has 1 amide bonds. The molecule has 0 bridgehead atoms. The van der Waals surface area contributed by atoms with Crippen LogP contribution in [0, 0.1) is 6.92 Å². The third kappa shape index (κ3) is 3.40. The summed E-state index contributed by atoms with van der Waals surface area (Å²) in [5.41, 5.74) is 2.38. The standard InChI is InChI=1S/C20H22F2N6O2/c1-12-24-17-11-28(10-16(17)19(25-12)26-3-2-4-26)20(29)30-15-8-27(9-15)14-5-13(18(21)22)6-23-7-14/h5-7,15,18H,2-4,8-11H2,1H3. The van der Waals surface area contributed by atoms with Crippen LogP contribution in [0.3, 0.4) is 0 Å². The second-order valence-corrected chi connectivity index (χ2v) is 7.90. The van der Waals surface area contributed by atoms with E-state index in [1.54, 1.807) is 11.1 Å². The topological polar surface area (TPSA) is 74.7 Å². The number of fused-ring (bicyclic) bond motifs is 1. The van der Waals surface area contributed by atoms with E-state index in [9.17, 15) is 13.6 Å². The number of pyridine rings is 1. The quantitative estimate of drug-likeness (QED) is 0.759. The van der Waals surface area contributed by atoms with Gasteiger partial charge in [0.1, 0.15) is 17.7 Å². The van der Waals surface area contributed by atoms with Crippen LogP contribution in [0.4, 0.5) is 25.1 Å². The third-order valence-electron chi connectivity index (χ3n) is 5.76. The smallest absolute Gasteiger partial charge is 0.410 e. The Labute approximate surface area is 172 Å². The van der Waals surface area contributed by atoms with Gasteiger partial charge in [-0.25, -0.2) is 23.5 Å². The van der Waals surface area contributed by atoms with Crippen LogP contribution < -0.4 is 9.80 Å². The van der Waals surface area contributed by atoms with Crippen molar-refractivity contribution < 1.29 is 18.3 Å². The van der Waals surface area contributed by atoms with E-state index in [0.717, 1.165) is 42.8 Å². The van der Waals surface area contributed by atoms with E-state index in [4.69, 9.17) is 4.74 Å². The summed E-state index contributed by atoms with van der Waals surface area (Å²) >= 11 is 0. The zero-order chi connectivity index (χ0) is 20.8. The van der Waals surface area contributed by atoms with Gasteiger partial charge >= 0.3 is 6.09 Å². The number of hydrogen-bond acceptors (Lipinski definition) is 7. The third-order valence-corrected chi connectivity index (χ3v) is 5.76. The van der Waals surface area contributed by atoms with Gasteiger partial charge in [-0.05, 0) is 19.4 Å². The van der Waals surface area contributed by atoms with Crippen molar-refractivity contribution in [3.05, 3.63) is 41.1 Å². The number of carbonyl (C=O) groups excluding carboxylic acids is 1. The van der Waals surface area contributed by atoms with Gasteiger partial charge in [0, 0.05) is 30.4 Å². The molecule has 0 aromatic carbocycles. The molecule has 0 atom stereocenters. The monoisotopic (exact) mass is 416 g/mol. The SMILES string of the molecule is Cc1nc2c(c(N3CCC3)n1)CN(C(=O)OC1CN(c3cncc(C(F)F)c3)C1)C2. The number of carbonyl (C=O) groups is 1. The van der Waals surface area contributed by atoms with Crippen LogP contribution in [0.2, 0.25) is 0 Å². The first-order valence-electron chi connectivity index (χ1n) is 10.0. The van der Waals surface area contributed by atoms with Gasteiger partial charge in [0.05, 0.1) is 43.8 Å². The van der Waals surface area contributed by atoms with Crippen LogP contribution in [-0.4, -0.2) is 58.2 Å². The van der Waals surface area contributed by atoms with Gasteiger partial charge in [-0.15, -0.1) is 0 Å². The number of aryl methyl sites for hydroxylation is 1. The van der Waals surface area contributed by atoms with Crippen molar-refractivity contribution in [1.29, 1.82) is 0 Å². The first-order valence-corrected chi connectivity index (χ1v) is 10.0. The molecule has 10 heteroatoms. The van der Waals surface area contributed by atoms with Crippen molar-refractivity contribution in [2.24, 2.45) is 0 Å². The molecular formula is C20H22F2N6O2. The summed E-state index contributed by atoms with van der Waals surface area (Å²) in [4.78, 5) is 31.4. The lowest BCUT2D eigenvalue weighted by Crippen LogP contribution is -2.54. The molecule has 0 aliphatic carbocycles. The number of halogens is 2. The predicted octanol–water partition coefficient (Wildman–Crippen LogP) is 2.67. The molecule has 8 nitrogen and oxygen atoms in total. The van der Waals surface area contributed by atoms with Crippen LogP contribution >= 0.6 is 0 Å². The maximum Gasteiger partial charge on any atom is 0.410 e. The van der Waals surface area contributed by atoms with E-state index in [1.165, 1.54) is 6.07 Å². The maximum atomic E-state index is 12.9. The number of alkyl halides is 2. The van der Waals surface area contributed by atoms with Gasteiger partial charge in [0.25, 0.3) is 6.43 Å². The van der Waals surface area contributed by atoms with Crippen molar-refractivity contribution in [1.82, 2.24) is 19.9 Å². The Morgan fingerprint density at radius 3 is 2.67 bits per heavy atom. The highest BCUT2D eigenvalue weighted by Gasteiger charge is 2.36. The number of aromatic nitrogens is 3. The van der Waals surface area contributed by atoms with E-state index in [0.29, 0.717) is 37.7 Å². The lowest BCUT2D eigenvalue weighted by molar-refractivity contribution is 0.0490. The lowest BCUT2D eigenvalue weighted by atomic mass is 10.1. The highest BCUT2D eigenvalue weighted by atomic mass is 19.3. The molecule has 2 aromatic rings. The van der Waals surface area contributed by atoms with E-state index >= 15 is 0 Å². The first kappa shape index (κ1) is 19.0. The van der Waals surface area contributed by atoms with Crippen LogP contribution in [0.15, 0.2) is 18.5 Å². The summed E-state index contributed by atoms with van der Waals surface area (Å²) in [6, 6.07) is 1.42. The molecule has 0 radical (unpaired) electrons. The fraction of sp³-hybridized carbons (Fsp3) is 0.500. The summed E-state index contributed by atoms with van der Waals surface area (Å²) in [5.74, 6) is 1.64. The molecule has 0 saturated carbocycles. The number of rotatable bonds is 4. The summed E-state index contributed by atoms with van der Waals surface area (Å²) < 4.78 is 31.3. The fourth-order valence-electron chi connectivity index (χ4n) is 3.95. The molecule has 158 valence electrons. The van der Waals surface area contributed by atoms with Crippen LogP contribution in [0.1, 0.15) is 35.5 Å². The van der Waals surface area contributed by atoms with Gasteiger partial charge in [-0.2, -0.15) is 0 Å². The molecule has 2 saturated heterocycles. The van der Waals surface area contributed by atoms with Gasteiger partial charge in [0.15, 0.2) is 0 Å². The Bertz CT molecular complexity index is 978. The molecule has 30 heavy (non-hydrogen) atoms. The molecule has 2 aromatic heterocycles. The Hall–Kier alpha value is -3.04. The van der Waals surface area contributed by atoms with E-state index < -0.39 is 6.43 Å². The highest BCUT2D eigenvalue weighted by molar-refractivity contribution is 5.70. The molecule has 0 spiro atoms. The number of nitrogens with zero attached hydrogens (tertiary/aromatic N) is 6. The molecular weight excluding hydrogens is 394 g/mol. The van der Waals surface area contributed by atoms with Crippen molar-refractivity contribution in [3.8, 4) is 0 Å². The van der Waals surface area contributed by atoms with Gasteiger partial charge in [-0.3, -0.25) is 9.88 Å². The number of amides is 1. The maximum absolute atomic E-state index is 12.9. The highest BCUT2D eigenvalue weighted by Crippen LogP contribution is 2.32. The average molecular weight is 416 g/mol. The number of ether oxygens (including phenoxy) is 1. The molecule has 0 unspecified atom stereocenters. The van der Waals surface area contributed by atoms with Crippen LogP contribution in [0.25, 0.3) is 0 Å². The van der Waals surface area contributed by atoms with Crippen LogP contribution in [0.5, 0.6) is 0 Å². The van der Waals surface area contributed by atoms with Crippen molar-refractivity contribution in [2.75, 3.05) is 36.0 Å². The molecule has 5 rings (SSSR count). The Morgan fingerprint density at radius 1 is 1.17 bits per heavy atom. The second kappa shape index (κ2) is 7.33. The zero-order valence-corrected chi connectivity index (χ0v) is 16.6. The summed E-state index contributed by atoms with van der Waals surface area (Å²) in [7, 11) is 0. The van der Waals surface area contributed by atoms with Gasteiger partial charge in [0.2, 0.25) is 0 Å². The minimum Gasteiger partial charge on any atom is -0.442 e. The Morgan fingerprint density at radius 2 is 1.97 bits per heavy atom. The molecule has 0 N–H and O–H groups in total. The number of anilines is 2. The lowest BCUT2D eigenvalue weighted by Gasteiger charge is -2.40. The summed E-state index contributed by atoms with van der Waals surface area (Å²) in [5, 5.41) is 0. The molecule has 2 fully saturated rings. The Kier molecular flexibility index (Phi) is 4.63. The van der Waals surface area contributed by atoms with Crippen LogP contribution in [-0.2, 0) is 17.8 Å². The van der Waals surface area contributed by atoms with Crippen molar-refractivity contribution >= 4 is 17.6 Å². The van der Waals surface area contributed by atoms with E-state index in [2.05, 4.69) is 19.9 Å². The molecule has 3 aliphatic heterocycles. The van der Waals surface area contributed by atoms with Gasteiger partial charge in [-0.1, -0.05) is 0 Å².